The van der Waals surface area contributed by atoms with Crippen molar-refractivity contribution in [2.75, 3.05) is 11.9 Å². The Morgan fingerprint density at radius 2 is 1.84 bits per heavy atom. The predicted molar refractivity (Wildman–Crippen MR) is 93.8 cm³/mol. The minimum absolute atomic E-state index is 0.0620. The van der Waals surface area contributed by atoms with Crippen LogP contribution in [0.15, 0.2) is 42.5 Å². The van der Waals surface area contributed by atoms with Gasteiger partial charge in [0.15, 0.2) is 0 Å². The number of amides is 2. The third kappa shape index (κ3) is 4.87. The Kier molecular flexibility index (Phi) is 6.25. The van der Waals surface area contributed by atoms with E-state index in [1.165, 1.54) is 19.1 Å². The van der Waals surface area contributed by atoms with E-state index in [-0.39, 0.29) is 17.9 Å². The lowest BCUT2D eigenvalue weighted by atomic mass is 10.0. The monoisotopic (exact) mass is 344 g/mol. The van der Waals surface area contributed by atoms with E-state index in [9.17, 15) is 19.1 Å². The van der Waals surface area contributed by atoms with Gasteiger partial charge >= 0.3 is 0 Å². The van der Waals surface area contributed by atoms with Gasteiger partial charge in [0.05, 0.1) is 18.3 Å². The van der Waals surface area contributed by atoms with E-state index in [2.05, 4.69) is 10.6 Å². The van der Waals surface area contributed by atoms with Gasteiger partial charge in [-0.05, 0) is 35.7 Å². The van der Waals surface area contributed by atoms with Crippen molar-refractivity contribution < 1.29 is 19.1 Å². The van der Waals surface area contributed by atoms with Gasteiger partial charge in [-0.2, -0.15) is 0 Å². The number of nitrogens with one attached hydrogen (secondary N) is 2. The number of aryl methyl sites for hydroxylation is 1. The molecule has 0 bridgehead atoms. The number of benzene rings is 2. The van der Waals surface area contributed by atoms with Crippen molar-refractivity contribution in [2.45, 2.75) is 26.3 Å². The van der Waals surface area contributed by atoms with Crippen LogP contribution in [0.3, 0.4) is 0 Å². The minimum Gasteiger partial charge on any atom is -0.394 e. The third-order valence-corrected chi connectivity index (χ3v) is 3.82. The van der Waals surface area contributed by atoms with Crippen LogP contribution in [0.4, 0.5) is 10.1 Å². The molecule has 132 valence electrons. The molecule has 2 rings (SSSR count). The van der Waals surface area contributed by atoms with Crippen LogP contribution in [0.25, 0.3) is 0 Å². The van der Waals surface area contributed by atoms with E-state index in [0.717, 1.165) is 23.6 Å². The van der Waals surface area contributed by atoms with Crippen LogP contribution < -0.4 is 10.6 Å². The second-order valence-corrected chi connectivity index (χ2v) is 5.68. The van der Waals surface area contributed by atoms with Crippen LogP contribution in [0.2, 0.25) is 0 Å². The van der Waals surface area contributed by atoms with E-state index in [4.69, 9.17) is 0 Å². The molecule has 0 saturated carbocycles. The van der Waals surface area contributed by atoms with Gasteiger partial charge in [0, 0.05) is 12.5 Å². The number of aliphatic hydroxyl groups excluding tert-OH is 1. The summed E-state index contributed by atoms with van der Waals surface area (Å²) in [6, 6.07) is 10.7. The van der Waals surface area contributed by atoms with Crippen LogP contribution in [0.5, 0.6) is 0 Å². The van der Waals surface area contributed by atoms with E-state index in [1.54, 1.807) is 0 Å². The summed E-state index contributed by atoms with van der Waals surface area (Å²) in [5.74, 6) is -1.52. The second kappa shape index (κ2) is 8.39. The average molecular weight is 344 g/mol. The summed E-state index contributed by atoms with van der Waals surface area (Å²) in [6.07, 6.45) is 0.901. The number of carbonyl (C=O) groups is 2. The molecule has 0 fully saturated rings. The Balaban J connectivity index is 2.17. The molecule has 1 unspecified atom stereocenters. The standard InChI is InChI=1S/C19H21FN2O3/c1-3-13-4-6-14(7-5-13)18(11-23)22-19(25)15-8-9-16(20)17(10-15)21-12(2)24/h4-10,18,23H,3,11H2,1-2H3,(H,21,24)(H,22,25). The van der Waals surface area contributed by atoms with Crippen molar-refractivity contribution in [1.82, 2.24) is 5.32 Å². The van der Waals surface area contributed by atoms with Crippen molar-refractivity contribution >= 4 is 17.5 Å². The molecule has 6 heteroatoms. The summed E-state index contributed by atoms with van der Waals surface area (Å²) in [7, 11) is 0. The molecule has 0 aromatic heterocycles. The number of rotatable bonds is 6. The SMILES string of the molecule is CCc1ccc(C(CO)NC(=O)c2ccc(F)c(NC(C)=O)c2)cc1. The number of carbonyl (C=O) groups excluding carboxylic acids is 2. The molecule has 0 aliphatic rings. The lowest BCUT2D eigenvalue weighted by molar-refractivity contribution is -0.114. The highest BCUT2D eigenvalue weighted by Gasteiger charge is 2.16. The number of aliphatic hydroxyl groups is 1. The van der Waals surface area contributed by atoms with Crippen molar-refractivity contribution in [3.8, 4) is 0 Å². The van der Waals surface area contributed by atoms with Gasteiger partial charge in [-0.1, -0.05) is 31.2 Å². The minimum atomic E-state index is -0.624. The molecule has 25 heavy (non-hydrogen) atoms. The predicted octanol–water partition coefficient (Wildman–Crippen LogP) is 2.81. The molecule has 0 spiro atoms. The first kappa shape index (κ1) is 18.6. The fourth-order valence-corrected chi connectivity index (χ4v) is 2.41. The highest BCUT2D eigenvalue weighted by atomic mass is 19.1. The first-order valence-electron chi connectivity index (χ1n) is 8.02. The number of hydrogen-bond donors (Lipinski definition) is 3. The summed E-state index contributed by atoms with van der Waals surface area (Å²) in [5.41, 5.74) is 2.06. The normalized spacial score (nSPS) is 11.7. The van der Waals surface area contributed by atoms with Gasteiger partial charge in [-0.25, -0.2) is 4.39 Å². The molecular weight excluding hydrogens is 323 g/mol. The van der Waals surface area contributed by atoms with Crippen molar-refractivity contribution in [2.24, 2.45) is 0 Å². The van der Waals surface area contributed by atoms with E-state index in [0.29, 0.717) is 0 Å². The van der Waals surface area contributed by atoms with E-state index < -0.39 is 23.7 Å². The maximum Gasteiger partial charge on any atom is 0.251 e. The molecule has 0 heterocycles. The second-order valence-electron chi connectivity index (χ2n) is 5.68. The largest absolute Gasteiger partial charge is 0.394 e. The maximum absolute atomic E-state index is 13.7. The van der Waals surface area contributed by atoms with Crippen LogP contribution in [-0.2, 0) is 11.2 Å². The third-order valence-electron chi connectivity index (χ3n) is 3.82. The smallest absolute Gasteiger partial charge is 0.251 e. The van der Waals surface area contributed by atoms with Crippen molar-refractivity contribution in [3.05, 3.63) is 65.0 Å². The number of anilines is 1. The molecule has 0 saturated heterocycles. The van der Waals surface area contributed by atoms with Crippen molar-refractivity contribution in [3.63, 3.8) is 0 Å². The average Bonchev–Trinajstić information content (AvgIpc) is 2.61. The molecule has 2 amide bonds. The molecule has 1 atom stereocenters. The Hall–Kier alpha value is -2.73. The lowest BCUT2D eigenvalue weighted by Gasteiger charge is -2.17. The maximum atomic E-state index is 13.7. The molecular formula is C19H21FN2O3. The van der Waals surface area contributed by atoms with Gasteiger partial charge in [0.2, 0.25) is 5.91 Å². The Morgan fingerprint density at radius 1 is 1.16 bits per heavy atom. The first-order chi connectivity index (χ1) is 11.9. The highest BCUT2D eigenvalue weighted by Crippen LogP contribution is 2.18. The van der Waals surface area contributed by atoms with Gasteiger partial charge in [-0.15, -0.1) is 0 Å². The first-order valence-corrected chi connectivity index (χ1v) is 8.02. The van der Waals surface area contributed by atoms with Crippen LogP contribution >= 0.6 is 0 Å². The zero-order valence-corrected chi connectivity index (χ0v) is 14.2. The summed E-state index contributed by atoms with van der Waals surface area (Å²) in [4.78, 5) is 23.5. The lowest BCUT2D eigenvalue weighted by Crippen LogP contribution is -2.31. The topological polar surface area (TPSA) is 78.4 Å². The van der Waals surface area contributed by atoms with Crippen LogP contribution in [-0.4, -0.2) is 23.5 Å². The Morgan fingerprint density at radius 3 is 2.40 bits per heavy atom. The fraction of sp³-hybridized carbons (Fsp3) is 0.263. The molecule has 0 aliphatic heterocycles. The Labute approximate surface area is 145 Å². The number of hydrogen-bond acceptors (Lipinski definition) is 3. The van der Waals surface area contributed by atoms with Gasteiger partial charge in [0.25, 0.3) is 5.91 Å². The van der Waals surface area contributed by atoms with Gasteiger partial charge in [0.1, 0.15) is 5.82 Å². The quantitative estimate of drug-likeness (QED) is 0.754. The molecule has 0 radical (unpaired) electrons. The van der Waals surface area contributed by atoms with Gasteiger partial charge < -0.3 is 15.7 Å². The zero-order valence-electron chi connectivity index (χ0n) is 14.2. The fourth-order valence-electron chi connectivity index (χ4n) is 2.41. The highest BCUT2D eigenvalue weighted by molar-refractivity contribution is 5.97. The summed E-state index contributed by atoms with van der Waals surface area (Å²) < 4.78 is 13.7. The van der Waals surface area contributed by atoms with Crippen molar-refractivity contribution in [1.29, 1.82) is 0 Å². The molecule has 2 aromatic rings. The summed E-state index contributed by atoms with van der Waals surface area (Å²) in [5, 5.41) is 14.6. The number of halogens is 1. The van der Waals surface area contributed by atoms with Crippen LogP contribution in [0, 0.1) is 5.82 Å². The van der Waals surface area contributed by atoms with Gasteiger partial charge in [-0.3, -0.25) is 9.59 Å². The molecule has 5 nitrogen and oxygen atoms in total. The zero-order chi connectivity index (χ0) is 18.4. The van der Waals surface area contributed by atoms with E-state index in [1.807, 2.05) is 31.2 Å². The summed E-state index contributed by atoms with van der Waals surface area (Å²) >= 11 is 0. The Bertz CT molecular complexity index is 760. The molecule has 2 aromatic carbocycles. The van der Waals surface area contributed by atoms with E-state index >= 15 is 0 Å². The molecule has 3 N–H and O–H groups in total. The van der Waals surface area contributed by atoms with Crippen LogP contribution in [0.1, 0.15) is 41.4 Å². The summed E-state index contributed by atoms with van der Waals surface area (Å²) in [6.45, 7) is 3.03. The molecule has 0 aliphatic carbocycles.